The number of nitrogens with one attached hydrogen (secondary N) is 2. The highest BCUT2D eigenvalue weighted by Crippen LogP contribution is 2.15. The van der Waals surface area contributed by atoms with E-state index in [0.717, 1.165) is 31.7 Å². The molecule has 0 saturated carbocycles. The van der Waals surface area contributed by atoms with Gasteiger partial charge in [-0.2, -0.15) is 0 Å². The Balaban J connectivity index is 1.57. The van der Waals surface area contributed by atoms with E-state index in [4.69, 9.17) is 4.74 Å². The van der Waals surface area contributed by atoms with E-state index >= 15 is 0 Å². The zero-order valence-electron chi connectivity index (χ0n) is 12.6. The van der Waals surface area contributed by atoms with Gasteiger partial charge in [0.1, 0.15) is 11.5 Å². The topological polar surface area (TPSA) is 63.2 Å². The van der Waals surface area contributed by atoms with Gasteiger partial charge in [0, 0.05) is 13.2 Å². The number of amides is 1. The molecule has 1 aromatic carbocycles. The van der Waals surface area contributed by atoms with Gasteiger partial charge in [0.2, 0.25) is 0 Å². The fourth-order valence-corrected chi connectivity index (χ4v) is 2.42. The second kappa shape index (κ2) is 7.19. The van der Waals surface area contributed by atoms with Crippen LogP contribution in [0.4, 0.5) is 15.8 Å². The second-order valence-electron chi connectivity index (χ2n) is 5.38. The number of anilines is 2. The summed E-state index contributed by atoms with van der Waals surface area (Å²) in [6, 6.07) is 9.40. The summed E-state index contributed by atoms with van der Waals surface area (Å²) in [4.78, 5) is 16.2. The summed E-state index contributed by atoms with van der Waals surface area (Å²) in [6.07, 6.45) is 3.98. The Morgan fingerprint density at radius 3 is 2.87 bits per heavy atom. The third-order valence-corrected chi connectivity index (χ3v) is 3.68. The van der Waals surface area contributed by atoms with Crippen molar-refractivity contribution in [3.63, 3.8) is 0 Å². The number of carbonyl (C=O) groups is 1. The molecule has 120 valence electrons. The molecule has 1 aromatic heterocycles. The van der Waals surface area contributed by atoms with Gasteiger partial charge in [-0.15, -0.1) is 0 Å². The summed E-state index contributed by atoms with van der Waals surface area (Å²) in [5.74, 6) is -0.920. The van der Waals surface area contributed by atoms with Gasteiger partial charge < -0.3 is 15.4 Å². The monoisotopic (exact) mass is 315 g/mol. The summed E-state index contributed by atoms with van der Waals surface area (Å²) >= 11 is 0. The Kier molecular flexibility index (Phi) is 4.83. The van der Waals surface area contributed by atoms with Crippen LogP contribution in [0.5, 0.6) is 0 Å². The summed E-state index contributed by atoms with van der Waals surface area (Å²) in [5.41, 5.74) is 1.19. The molecule has 0 spiro atoms. The maximum atomic E-state index is 13.5. The van der Waals surface area contributed by atoms with Crippen LogP contribution in [0.15, 0.2) is 42.6 Å². The number of carbonyl (C=O) groups excluding carboxylic acids is 1. The van der Waals surface area contributed by atoms with Crippen LogP contribution in [0.1, 0.15) is 23.3 Å². The van der Waals surface area contributed by atoms with Crippen molar-refractivity contribution in [1.82, 2.24) is 4.98 Å². The Labute approximate surface area is 133 Å². The van der Waals surface area contributed by atoms with Crippen LogP contribution >= 0.6 is 0 Å². The fourth-order valence-electron chi connectivity index (χ4n) is 2.42. The molecule has 0 bridgehead atoms. The molecule has 2 aromatic rings. The van der Waals surface area contributed by atoms with Crippen LogP contribution in [0.3, 0.4) is 0 Å². The van der Waals surface area contributed by atoms with E-state index < -0.39 is 11.7 Å². The lowest BCUT2D eigenvalue weighted by Crippen LogP contribution is -2.19. The maximum Gasteiger partial charge on any atom is 0.274 e. The number of ether oxygens (including phenoxy) is 1. The van der Waals surface area contributed by atoms with E-state index in [1.54, 1.807) is 30.5 Å². The van der Waals surface area contributed by atoms with Gasteiger partial charge in [0.05, 0.1) is 23.7 Å². The maximum absolute atomic E-state index is 13.5. The Morgan fingerprint density at radius 2 is 2.17 bits per heavy atom. The zero-order chi connectivity index (χ0) is 16.1. The van der Waals surface area contributed by atoms with Crippen molar-refractivity contribution in [2.24, 2.45) is 0 Å². The first-order valence-electron chi connectivity index (χ1n) is 7.60. The number of para-hydroxylation sites is 1. The predicted octanol–water partition coefficient (Wildman–Crippen LogP) is 3.06. The first-order valence-corrected chi connectivity index (χ1v) is 7.60. The number of benzene rings is 1. The molecule has 1 saturated heterocycles. The lowest BCUT2D eigenvalue weighted by molar-refractivity contribution is 0.102. The largest absolute Gasteiger partial charge is 0.381 e. The molecule has 6 heteroatoms. The minimum absolute atomic E-state index is 0.139. The minimum atomic E-state index is -0.476. The van der Waals surface area contributed by atoms with Crippen LogP contribution in [-0.4, -0.2) is 30.1 Å². The van der Waals surface area contributed by atoms with Crippen LogP contribution < -0.4 is 10.6 Å². The molecule has 0 radical (unpaired) electrons. The van der Waals surface area contributed by atoms with Gasteiger partial charge in [-0.25, -0.2) is 9.37 Å². The molecule has 1 atom stereocenters. The average molecular weight is 315 g/mol. The van der Waals surface area contributed by atoms with Crippen molar-refractivity contribution < 1.29 is 13.9 Å². The van der Waals surface area contributed by atoms with Crippen molar-refractivity contribution >= 4 is 17.3 Å². The third-order valence-electron chi connectivity index (χ3n) is 3.68. The summed E-state index contributed by atoms with van der Waals surface area (Å²) in [7, 11) is 0. The first kappa shape index (κ1) is 15.4. The second-order valence-corrected chi connectivity index (χ2v) is 5.38. The number of halogens is 1. The SMILES string of the molecule is O=C(Nc1ccccc1F)c1ccc(NCC2CCCO2)cn1. The number of aromatic nitrogens is 1. The fraction of sp³-hybridized carbons (Fsp3) is 0.294. The van der Waals surface area contributed by atoms with Crippen molar-refractivity contribution in [3.8, 4) is 0 Å². The lowest BCUT2D eigenvalue weighted by atomic mass is 10.2. The molecule has 1 fully saturated rings. The smallest absolute Gasteiger partial charge is 0.274 e. The molecular weight excluding hydrogens is 297 g/mol. The molecule has 23 heavy (non-hydrogen) atoms. The third kappa shape index (κ3) is 4.04. The van der Waals surface area contributed by atoms with Crippen LogP contribution in [-0.2, 0) is 4.74 Å². The standard InChI is InChI=1S/C17H18FN3O2/c18-14-5-1-2-6-15(14)21-17(22)16-8-7-12(10-20-16)19-11-13-4-3-9-23-13/h1-2,5-8,10,13,19H,3-4,9,11H2,(H,21,22). The molecule has 2 heterocycles. The number of hydrogen-bond acceptors (Lipinski definition) is 4. The molecule has 1 aliphatic heterocycles. The van der Waals surface area contributed by atoms with E-state index in [0.29, 0.717) is 0 Å². The van der Waals surface area contributed by atoms with Crippen molar-refractivity contribution in [2.75, 3.05) is 23.8 Å². The Hall–Kier alpha value is -2.47. The minimum Gasteiger partial charge on any atom is -0.381 e. The summed E-state index contributed by atoms with van der Waals surface area (Å²) < 4.78 is 19.1. The van der Waals surface area contributed by atoms with Gasteiger partial charge >= 0.3 is 0 Å². The van der Waals surface area contributed by atoms with Crippen LogP contribution in [0.2, 0.25) is 0 Å². The Morgan fingerprint density at radius 1 is 1.30 bits per heavy atom. The quantitative estimate of drug-likeness (QED) is 0.890. The number of hydrogen-bond donors (Lipinski definition) is 2. The normalized spacial score (nSPS) is 17.0. The Bertz CT molecular complexity index is 670. The molecule has 0 aliphatic carbocycles. The van der Waals surface area contributed by atoms with E-state index in [-0.39, 0.29) is 17.5 Å². The number of rotatable bonds is 5. The van der Waals surface area contributed by atoms with E-state index in [1.165, 1.54) is 12.1 Å². The van der Waals surface area contributed by atoms with Crippen LogP contribution in [0, 0.1) is 5.82 Å². The summed E-state index contributed by atoms with van der Waals surface area (Å²) in [5, 5.41) is 5.74. The average Bonchev–Trinajstić information content (AvgIpc) is 3.09. The molecule has 2 N–H and O–H groups in total. The predicted molar refractivity (Wildman–Crippen MR) is 86.1 cm³/mol. The molecule has 1 amide bonds. The van der Waals surface area contributed by atoms with Crippen LogP contribution in [0.25, 0.3) is 0 Å². The van der Waals surface area contributed by atoms with E-state index in [2.05, 4.69) is 15.6 Å². The van der Waals surface area contributed by atoms with Gasteiger partial charge in [-0.3, -0.25) is 4.79 Å². The van der Waals surface area contributed by atoms with Gasteiger partial charge in [-0.1, -0.05) is 12.1 Å². The highest BCUT2D eigenvalue weighted by atomic mass is 19.1. The zero-order valence-corrected chi connectivity index (χ0v) is 12.6. The molecule has 1 aliphatic rings. The highest BCUT2D eigenvalue weighted by Gasteiger charge is 2.15. The molecule has 1 unspecified atom stereocenters. The van der Waals surface area contributed by atoms with Gasteiger partial charge in [0.15, 0.2) is 0 Å². The molecule has 5 nitrogen and oxygen atoms in total. The highest BCUT2D eigenvalue weighted by molar-refractivity contribution is 6.03. The van der Waals surface area contributed by atoms with Crippen molar-refractivity contribution in [1.29, 1.82) is 0 Å². The van der Waals surface area contributed by atoms with Crippen molar-refractivity contribution in [3.05, 3.63) is 54.1 Å². The van der Waals surface area contributed by atoms with Gasteiger partial charge in [0.25, 0.3) is 5.91 Å². The molecule has 3 rings (SSSR count). The lowest BCUT2D eigenvalue weighted by Gasteiger charge is -2.12. The van der Waals surface area contributed by atoms with Crippen molar-refractivity contribution in [2.45, 2.75) is 18.9 Å². The summed E-state index contributed by atoms with van der Waals surface area (Å²) in [6.45, 7) is 1.54. The van der Waals surface area contributed by atoms with E-state index in [1.807, 2.05) is 0 Å². The van der Waals surface area contributed by atoms with E-state index in [9.17, 15) is 9.18 Å². The first-order chi connectivity index (χ1) is 11.2. The number of nitrogens with zero attached hydrogens (tertiary/aromatic N) is 1. The number of pyridine rings is 1. The van der Waals surface area contributed by atoms with Gasteiger partial charge in [-0.05, 0) is 37.1 Å². The molecular formula is C17H18FN3O2.